The molecule has 0 radical (unpaired) electrons. The molecule has 3 aromatic carbocycles. The fourth-order valence-electron chi connectivity index (χ4n) is 3.84. The number of ether oxygens (including phenoxy) is 1. The number of benzene rings is 3. The Morgan fingerprint density at radius 3 is 2.29 bits per heavy atom. The Morgan fingerprint density at radius 2 is 1.59 bits per heavy atom. The van der Waals surface area contributed by atoms with E-state index in [1.165, 1.54) is 12.3 Å². The summed E-state index contributed by atoms with van der Waals surface area (Å²) in [5.74, 6) is 1.19. The molecule has 34 heavy (non-hydrogen) atoms. The number of rotatable bonds is 7. The topological polar surface area (TPSA) is 81.2 Å². The van der Waals surface area contributed by atoms with Gasteiger partial charge in [0.05, 0.1) is 11.1 Å². The molecule has 6 nitrogen and oxygen atoms in total. The van der Waals surface area contributed by atoms with Gasteiger partial charge in [-0.05, 0) is 62.6 Å². The highest BCUT2D eigenvalue weighted by Crippen LogP contribution is 2.32. The van der Waals surface area contributed by atoms with Crippen LogP contribution < -0.4 is 10.1 Å². The fourth-order valence-corrected chi connectivity index (χ4v) is 5.17. The third kappa shape index (κ3) is 5.10. The molecule has 4 rings (SSSR count). The molecule has 1 N–H and O–H groups in total. The van der Waals surface area contributed by atoms with Crippen LogP contribution in [0.3, 0.4) is 0 Å². The minimum absolute atomic E-state index is 0.0117. The van der Waals surface area contributed by atoms with E-state index in [9.17, 15) is 8.42 Å². The number of nitrogens with zero attached hydrogens (tertiary/aromatic N) is 2. The molecular weight excluding hydrogens is 446 g/mol. The van der Waals surface area contributed by atoms with Crippen LogP contribution in [0.25, 0.3) is 0 Å². The van der Waals surface area contributed by atoms with Gasteiger partial charge in [-0.3, -0.25) is 0 Å². The molecule has 0 amide bonds. The van der Waals surface area contributed by atoms with Crippen LogP contribution in [0.1, 0.15) is 28.1 Å². The van der Waals surface area contributed by atoms with Gasteiger partial charge in [0.25, 0.3) is 0 Å². The first-order valence-corrected chi connectivity index (χ1v) is 12.4. The van der Waals surface area contributed by atoms with E-state index < -0.39 is 9.84 Å². The van der Waals surface area contributed by atoms with E-state index in [0.717, 1.165) is 27.9 Å². The second kappa shape index (κ2) is 9.65. The zero-order valence-electron chi connectivity index (χ0n) is 19.7. The molecule has 1 aromatic heterocycles. The van der Waals surface area contributed by atoms with E-state index >= 15 is 0 Å². The lowest BCUT2D eigenvalue weighted by Gasteiger charge is -2.16. The summed E-state index contributed by atoms with van der Waals surface area (Å²) in [4.78, 5) is 8.73. The van der Waals surface area contributed by atoms with E-state index in [4.69, 9.17) is 4.74 Å². The van der Waals surface area contributed by atoms with Gasteiger partial charge in [0, 0.05) is 5.69 Å². The van der Waals surface area contributed by atoms with E-state index in [1.807, 2.05) is 63.2 Å². The minimum atomic E-state index is -3.91. The molecule has 174 valence electrons. The van der Waals surface area contributed by atoms with Gasteiger partial charge < -0.3 is 10.1 Å². The van der Waals surface area contributed by atoms with Crippen LogP contribution in [0.4, 0.5) is 11.5 Å². The maximum atomic E-state index is 13.6. The SMILES string of the molecule is Cc1cc(C)c(Nc2nc(C)ncc2S(=O)(=O)c2cccc(OCc3ccccc3)c2)c(C)c1. The smallest absolute Gasteiger partial charge is 0.211 e. The summed E-state index contributed by atoms with van der Waals surface area (Å²) in [5, 5.41) is 3.25. The van der Waals surface area contributed by atoms with E-state index in [-0.39, 0.29) is 15.6 Å². The van der Waals surface area contributed by atoms with Crippen LogP contribution in [0.5, 0.6) is 5.75 Å². The number of aromatic nitrogens is 2. The van der Waals surface area contributed by atoms with Crippen molar-refractivity contribution >= 4 is 21.3 Å². The maximum absolute atomic E-state index is 13.6. The molecule has 0 aliphatic rings. The Kier molecular flexibility index (Phi) is 6.65. The van der Waals surface area contributed by atoms with Gasteiger partial charge in [0.15, 0.2) is 5.82 Å². The van der Waals surface area contributed by atoms with Crippen molar-refractivity contribution in [3.63, 3.8) is 0 Å². The Morgan fingerprint density at radius 1 is 0.882 bits per heavy atom. The zero-order chi connectivity index (χ0) is 24.3. The molecule has 0 spiro atoms. The minimum Gasteiger partial charge on any atom is -0.489 e. The molecule has 0 atom stereocenters. The molecule has 4 aromatic rings. The first kappa shape index (κ1) is 23.4. The van der Waals surface area contributed by atoms with Crippen LogP contribution in [0.2, 0.25) is 0 Å². The number of sulfone groups is 1. The van der Waals surface area contributed by atoms with Crippen molar-refractivity contribution in [3.05, 3.63) is 101 Å². The largest absolute Gasteiger partial charge is 0.489 e. The first-order chi connectivity index (χ1) is 16.2. The lowest BCUT2D eigenvalue weighted by atomic mass is 10.1. The van der Waals surface area contributed by atoms with Crippen molar-refractivity contribution in [1.82, 2.24) is 9.97 Å². The van der Waals surface area contributed by atoms with Crippen molar-refractivity contribution in [2.75, 3.05) is 5.32 Å². The number of nitrogens with one attached hydrogen (secondary N) is 1. The highest BCUT2D eigenvalue weighted by molar-refractivity contribution is 7.91. The molecule has 0 fully saturated rings. The predicted molar refractivity (Wildman–Crippen MR) is 133 cm³/mol. The molecule has 0 aliphatic carbocycles. The summed E-state index contributed by atoms with van der Waals surface area (Å²) >= 11 is 0. The van der Waals surface area contributed by atoms with Gasteiger partial charge in [-0.2, -0.15) is 0 Å². The summed E-state index contributed by atoms with van der Waals surface area (Å²) in [6, 6.07) is 20.3. The van der Waals surface area contributed by atoms with Gasteiger partial charge in [0.2, 0.25) is 9.84 Å². The number of hydrogen-bond donors (Lipinski definition) is 1. The summed E-state index contributed by atoms with van der Waals surface area (Å²) in [6.07, 6.45) is 1.36. The van der Waals surface area contributed by atoms with Crippen LogP contribution >= 0.6 is 0 Å². The first-order valence-electron chi connectivity index (χ1n) is 10.9. The van der Waals surface area contributed by atoms with Crippen molar-refractivity contribution < 1.29 is 13.2 Å². The summed E-state index contributed by atoms with van der Waals surface area (Å²) in [6.45, 7) is 8.07. The van der Waals surface area contributed by atoms with Crippen molar-refractivity contribution in [1.29, 1.82) is 0 Å². The van der Waals surface area contributed by atoms with Crippen LogP contribution in [0, 0.1) is 27.7 Å². The monoisotopic (exact) mass is 473 g/mol. The maximum Gasteiger partial charge on any atom is 0.211 e. The van der Waals surface area contributed by atoms with Crippen LogP contribution in [0.15, 0.2) is 82.7 Å². The quantitative estimate of drug-likeness (QED) is 0.362. The Hall–Kier alpha value is -3.71. The zero-order valence-corrected chi connectivity index (χ0v) is 20.5. The van der Waals surface area contributed by atoms with Crippen LogP contribution in [-0.2, 0) is 16.4 Å². The lowest BCUT2D eigenvalue weighted by Crippen LogP contribution is -2.10. The Labute approximate surface area is 200 Å². The fraction of sp³-hybridized carbons (Fsp3) is 0.185. The van der Waals surface area contributed by atoms with Crippen molar-refractivity contribution in [2.24, 2.45) is 0 Å². The molecule has 0 bridgehead atoms. The summed E-state index contributed by atoms with van der Waals surface area (Å²) in [5.41, 5.74) is 4.99. The third-order valence-electron chi connectivity index (χ3n) is 5.45. The average molecular weight is 474 g/mol. The second-order valence-electron chi connectivity index (χ2n) is 8.28. The summed E-state index contributed by atoms with van der Waals surface area (Å²) < 4.78 is 33.1. The van der Waals surface area contributed by atoms with Gasteiger partial charge in [-0.1, -0.05) is 54.1 Å². The molecule has 7 heteroatoms. The average Bonchev–Trinajstić information content (AvgIpc) is 2.81. The highest BCUT2D eigenvalue weighted by atomic mass is 32.2. The van der Waals surface area contributed by atoms with E-state index in [0.29, 0.717) is 18.2 Å². The van der Waals surface area contributed by atoms with Crippen LogP contribution in [-0.4, -0.2) is 18.4 Å². The molecule has 1 heterocycles. The molecular formula is C27H27N3O3S. The van der Waals surface area contributed by atoms with Gasteiger partial charge in [0.1, 0.15) is 23.1 Å². The normalized spacial score (nSPS) is 11.3. The lowest BCUT2D eigenvalue weighted by molar-refractivity contribution is 0.305. The van der Waals surface area contributed by atoms with Gasteiger partial charge in [-0.25, -0.2) is 18.4 Å². The number of hydrogen-bond acceptors (Lipinski definition) is 6. The Balaban J connectivity index is 1.68. The number of aryl methyl sites for hydroxylation is 4. The molecule has 0 unspecified atom stereocenters. The predicted octanol–water partition coefficient (Wildman–Crippen LogP) is 5.87. The standard InChI is InChI=1S/C27H27N3O3S/c1-18-13-19(2)26(20(3)14-18)30-27-25(16-28-21(4)29-27)34(31,32)24-12-8-11-23(15-24)33-17-22-9-6-5-7-10-22/h5-16H,17H2,1-4H3,(H,28,29,30). The molecule has 0 saturated carbocycles. The molecule has 0 aliphatic heterocycles. The van der Waals surface area contributed by atoms with E-state index in [1.54, 1.807) is 25.1 Å². The van der Waals surface area contributed by atoms with E-state index in [2.05, 4.69) is 15.3 Å². The second-order valence-corrected chi connectivity index (χ2v) is 10.2. The van der Waals surface area contributed by atoms with Gasteiger partial charge >= 0.3 is 0 Å². The Bertz CT molecular complexity index is 1410. The highest BCUT2D eigenvalue weighted by Gasteiger charge is 2.25. The van der Waals surface area contributed by atoms with Crippen molar-refractivity contribution in [2.45, 2.75) is 44.1 Å². The third-order valence-corrected chi connectivity index (χ3v) is 7.20. The van der Waals surface area contributed by atoms with Crippen molar-refractivity contribution in [3.8, 4) is 5.75 Å². The summed E-state index contributed by atoms with van der Waals surface area (Å²) in [7, 11) is -3.91. The van der Waals surface area contributed by atoms with Gasteiger partial charge in [-0.15, -0.1) is 0 Å². The number of anilines is 2. The molecule has 0 saturated heterocycles.